The van der Waals surface area contributed by atoms with E-state index in [-0.39, 0.29) is 6.07 Å². The van der Waals surface area contributed by atoms with Crippen molar-refractivity contribution in [2.75, 3.05) is 4.72 Å². The van der Waals surface area contributed by atoms with Gasteiger partial charge >= 0.3 is 6.18 Å². The number of hydrogen-bond acceptors (Lipinski definition) is 4. The molecule has 0 aliphatic heterocycles. The average Bonchev–Trinajstić information content (AvgIpc) is 2.26. The van der Waals surface area contributed by atoms with Crippen LogP contribution in [0.1, 0.15) is 19.4 Å². The fourth-order valence-corrected chi connectivity index (χ4v) is 1.93. The van der Waals surface area contributed by atoms with Crippen LogP contribution in [-0.4, -0.2) is 18.6 Å². The minimum atomic E-state index is -4.75. The zero-order valence-corrected chi connectivity index (χ0v) is 11.2. The minimum Gasteiger partial charge on any atom is -0.277 e. The highest BCUT2D eigenvalue weighted by Gasteiger charge is 2.33. The van der Waals surface area contributed by atoms with Gasteiger partial charge in [-0.25, -0.2) is 8.42 Å². The Labute approximate surface area is 112 Å². The lowest BCUT2D eigenvalue weighted by Crippen LogP contribution is -2.23. The van der Waals surface area contributed by atoms with Gasteiger partial charge in [-0.1, -0.05) is 0 Å². The molecule has 0 saturated carbocycles. The van der Waals surface area contributed by atoms with Gasteiger partial charge in [-0.05, 0) is 26.0 Å². The molecule has 20 heavy (non-hydrogen) atoms. The Morgan fingerprint density at radius 2 is 1.85 bits per heavy atom. The van der Waals surface area contributed by atoms with Gasteiger partial charge in [0.15, 0.2) is 0 Å². The van der Waals surface area contributed by atoms with Crippen LogP contribution in [0.4, 0.5) is 24.5 Å². The second kappa shape index (κ2) is 5.27. The third kappa shape index (κ3) is 3.59. The molecule has 0 aliphatic carbocycles. The van der Waals surface area contributed by atoms with Crippen LogP contribution in [0.5, 0.6) is 0 Å². The molecule has 0 amide bonds. The molecule has 0 spiro atoms. The fourth-order valence-electron chi connectivity index (χ4n) is 1.22. The summed E-state index contributed by atoms with van der Waals surface area (Å²) in [6.45, 7) is 2.66. The number of alkyl halides is 3. The number of halogens is 3. The van der Waals surface area contributed by atoms with Crippen molar-refractivity contribution in [3.05, 3.63) is 33.9 Å². The summed E-state index contributed by atoms with van der Waals surface area (Å²) < 4.78 is 62.5. The van der Waals surface area contributed by atoms with Crippen LogP contribution in [-0.2, 0) is 16.2 Å². The molecule has 1 N–H and O–H groups in total. The van der Waals surface area contributed by atoms with Crippen molar-refractivity contribution in [3.8, 4) is 0 Å². The number of rotatable bonds is 4. The Kier molecular flexibility index (Phi) is 4.27. The summed E-state index contributed by atoms with van der Waals surface area (Å²) in [5.74, 6) is 0. The number of hydrogen-bond donors (Lipinski definition) is 1. The Bertz CT molecular complexity index is 626. The third-order valence-electron chi connectivity index (χ3n) is 2.39. The molecular formula is C10H11F3N2O4S. The monoisotopic (exact) mass is 312 g/mol. The predicted molar refractivity (Wildman–Crippen MR) is 65.8 cm³/mol. The number of nitro groups is 1. The molecule has 0 bridgehead atoms. The second-order valence-electron chi connectivity index (χ2n) is 4.18. The van der Waals surface area contributed by atoms with Gasteiger partial charge in [0, 0.05) is 6.07 Å². The number of nitro benzene ring substituents is 1. The average molecular weight is 312 g/mol. The Hall–Kier alpha value is -1.84. The highest BCUT2D eigenvalue weighted by atomic mass is 32.2. The van der Waals surface area contributed by atoms with Gasteiger partial charge in [0.2, 0.25) is 10.0 Å². The highest BCUT2D eigenvalue weighted by Crippen LogP contribution is 2.35. The predicted octanol–water partition coefficient (Wildman–Crippen LogP) is 2.76. The smallest absolute Gasteiger partial charge is 0.277 e. The zero-order valence-electron chi connectivity index (χ0n) is 10.4. The van der Waals surface area contributed by atoms with Crippen molar-refractivity contribution in [2.24, 2.45) is 0 Å². The van der Waals surface area contributed by atoms with Gasteiger partial charge in [-0.15, -0.1) is 0 Å². The molecule has 0 fully saturated rings. The second-order valence-corrected chi connectivity index (χ2v) is 6.42. The van der Waals surface area contributed by atoms with E-state index < -0.39 is 43.3 Å². The topological polar surface area (TPSA) is 89.3 Å². The Morgan fingerprint density at radius 1 is 1.30 bits per heavy atom. The van der Waals surface area contributed by atoms with E-state index >= 15 is 0 Å². The molecule has 10 heteroatoms. The van der Waals surface area contributed by atoms with Gasteiger partial charge in [0.25, 0.3) is 5.69 Å². The van der Waals surface area contributed by atoms with E-state index in [2.05, 4.69) is 0 Å². The highest BCUT2D eigenvalue weighted by molar-refractivity contribution is 7.93. The van der Waals surface area contributed by atoms with E-state index in [4.69, 9.17) is 0 Å². The molecule has 0 atom stereocenters. The van der Waals surface area contributed by atoms with E-state index in [0.29, 0.717) is 6.07 Å². The molecule has 1 aromatic carbocycles. The van der Waals surface area contributed by atoms with Crippen LogP contribution >= 0.6 is 0 Å². The summed E-state index contributed by atoms with van der Waals surface area (Å²) in [5, 5.41) is 9.88. The van der Waals surface area contributed by atoms with Gasteiger partial charge < -0.3 is 0 Å². The summed E-state index contributed by atoms with van der Waals surface area (Å²) in [6, 6.07) is 1.59. The number of nitrogens with one attached hydrogen (secondary N) is 1. The molecule has 0 aromatic heterocycles. The molecule has 0 saturated heterocycles. The maximum absolute atomic E-state index is 12.5. The van der Waals surface area contributed by atoms with Gasteiger partial charge in [-0.2, -0.15) is 13.2 Å². The van der Waals surface area contributed by atoms with Crippen LogP contribution in [0, 0.1) is 10.1 Å². The van der Waals surface area contributed by atoms with E-state index in [0.717, 1.165) is 6.07 Å². The first-order valence-electron chi connectivity index (χ1n) is 5.32. The summed E-state index contributed by atoms with van der Waals surface area (Å²) in [6.07, 6.45) is -4.75. The number of benzene rings is 1. The largest absolute Gasteiger partial charge is 0.416 e. The molecule has 0 unspecified atom stereocenters. The molecule has 0 aliphatic rings. The van der Waals surface area contributed by atoms with Crippen LogP contribution in [0.25, 0.3) is 0 Å². The van der Waals surface area contributed by atoms with Crippen molar-refractivity contribution < 1.29 is 26.5 Å². The molecule has 6 nitrogen and oxygen atoms in total. The van der Waals surface area contributed by atoms with E-state index in [9.17, 15) is 31.7 Å². The lowest BCUT2D eigenvalue weighted by Gasteiger charge is -2.12. The van der Waals surface area contributed by atoms with Crippen molar-refractivity contribution in [1.29, 1.82) is 0 Å². The molecule has 0 heterocycles. The van der Waals surface area contributed by atoms with Crippen molar-refractivity contribution >= 4 is 21.4 Å². The normalized spacial score (nSPS) is 12.5. The minimum absolute atomic E-state index is 0.290. The van der Waals surface area contributed by atoms with Crippen LogP contribution < -0.4 is 4.72 Å². The molecular weight excluding hydrogens is 301 g/mol. The van der Waals surface area contributed by atoms with Crippen LogP contribution in [0.2, 0.25) is 0 Å². The van der Waals surface area contributed by atoms with Gasteiger partial charge in [-0.3, -0.25) is 14.8 Å². The first-order valence-corrected chi connectivity index (χ1v) is 6.87. The SMILES string of the molecule is CC(C)S(=O)(=O)Nc1ccc(C(F)(F)F)cc1[N+](=O)[O-]. The van der Waals surface area contributed by atoms with Crippen molar-refractivity contribution in [2.45, 2.75) is 25.3 Å². The zero-order chi connectivity index (χ0) is 15.7. The molecule has 1 aromatic rings. The summed E-state index contributed by atoms with van der Waals surface area (Å²) in [4.78, 5) is 9.68. The van der Waals surface area contributed by atoms with Gasteiger partial charge in [0.05, 0.1) is 15.7 Å². The lowest BCUT2D eigenvalue weighted by atomic mass is 10.1. The number of nitrogens with zero attached hydrogens (tertiary/aromatic N) is 1. The first-order chi connectivity index (χ1) is 8.95. The number of sulfonamides is 1. The van der Waals surface area contributed by atoms with E-state index in [1.165, 1.54) is 13.8 Å². The Balaban J connectivity index is 3.32. The van der Waals surface area contributed by atoms with E-state index in [1.54, 1.807) is 0 Å². The van der Waals surface area contributed by atoms with Crippen molar-refractivity contribution in [3.63, 3.8) is 0 Å². The van der Waals surface area contributed by atoms with Crippen molar-refractivity contribution in [1.82, 2.24) is 0 Å². The quantitative estimate of drug-likeness (QED) is 0.684. The summed E-state index contributed by atoms with van der Waals surface area (Å²) in [7, 11) is -3.89. The van der Waals surface area contributed by atoms with E-state index in [1.807, 2.05) is 4.72 Å². The van der Waals surface area contributed by atoms with Crippen LogP contribution in [0.3, 0.4) is 0 Å². The molecule has 0 radical (unpaired) electrons. The van der Waals surface area contributed by atoms with Gasteiger partial charge in [0.1, 0.15) is 5.69 Å². The third-order valence-corrected chi connectivity index (χ3v) is 4.14. The Morgan fingerprint density at radius 3 is 2.25 bits per heavy atom. The number of anilines is 1. The molecule has 112 valence electrons. The summed E-state index contributed by atoms with van der Waals surface area (Å²) >= 11 is 0. The maximum atomic E-state index is 12.5. The summed E-state index contributed by atoms with van der Waals surface area (Å²) in [5.41, 5.74) is -2.68. The lowest BCUT2D eigenvalue weighted by molar-refractivity contribution is -0.384. The maximum Gasteiger partial charge on any atom is 0.416 e. The standard InChI is InChI=1S/C10H11F3N2O4S/c1-6(2)20(18,19)14-8-4-3-7(10(11,12)13)5-9(8)15(16)17/h3-6,14H,1-2H3. The molecule has 1 rings (SSSR count). The fraction of sp³-hybridized carbons (Fsp3) is 0.400. The van der Waals surface area contributed by atoms with Crippen LogP contribution in [0.15, 0.2) is 18.2 Å². The first kappa shape index (κ1) is 16.2.